The summed E-state index contributed by atoms with van der Waals surface area (Å²) in [7, 11) is 0. The predicted molar refractivity (Wildman–Crippen MR) is 108 cm³/mol. The number of aromatic nitrogens is 1. The molecule has 0 spiro atoms. The van der Waals surface area contributed by atoms with Crippen LogP contribution in [0.25, 0.3) is 10.1 Å². The maximum atomic E-state index is 12.8. The molecule has 1 aliphatic rings. The van der Waals surface area contributed by atoms with Gasteiger partial charge < -0.3 is 14.8 Å². The summed E-state index contributed by atoms with van der Waals surface area (Å²) in [5, 5.41) is 3.62. The van der Waals surface area contributed by atoms with E-state index in [0.717, 1.165) is 35.6 Å². The van der Waals surface area contributed by atoms with Gasteiger partial charge in [-0.25, -0.2) is 0 Å². The van der Waals surface area contributed by atoms with Gasteiger partial charge in [-0.05, 0) is 45.3 Å². The van der Waals surface area contributed by atoms with Gasteiger partial charge in [0.25, 0.3) is 11.5 Å². The third-order valence-electron chi connectivity index (χ3n) is 5.10. The van der Waals surface area contributed by atoms with E-state index in [1.165, 1.54) is 37.0 Å². The highest BCUT2D eigenvalue weighted by Gasteiger charge is 2.20. The fraction of sp³-hybridized carbons (Fsp3) is 0.600. The lowest BCUT2D eigenvalue weighted by Crippen LogP contribution is -2.36. The summed E-state index contributed by atoms with van der Waals surface area (Å²) in [6.45, 7) is 8.41. The predicted octanol–water partition coefficient (Wildman–Crippen LogP) is 3.39. The van der Waals surface area contributed by atoms with Gasteiger partial charge in [-0.15, -0.1) is 11.3 Å². The molecule has 6 heteroatoms. The third kappa shape index (κ3) is 4.18. The first-order valence-electron chi connectivity index (χ1n) is 9.75. The minimum atomic E-state index is -0.116. The Hall–Kier alpha value is -1.66. The van der Waals surface area contributed by atoms with Crippen molar-refractivity contribution in [3.05, 3.63) is 33.1 Å². The largest absolute Gasteiger partial charge is 0.351 e. The van der Waals surface area contributed by atoms with Crippen LogP contribution in [0.15, 0.2) is 17.1 Å². The van der Waals surface area contributed by atoms with Crippen LogP contribution in [0.5, 0.6) is 0 Å². The van der Waals surface area contributed by atoms with Gasteiger partial charge in [0.1, 0.15) is 0 Å². The minimum Gasteiger partial charge on any atom is -0.351 e. The van der Waals surface area contributed by atoms with E-state index in [0.29, 0.717) is 24.0 Å². The van der Waals surface area contributed by atoms with Gasteiger partial charge >= 0.3 is 0 Å². The molecule has 0 saturated carbocycles. The molecule has 1 N–H and O–H groups in total. The Balaban J connectivity index is 1.74. The molecule has 3 heterocycles. The van der Waals surface area contributed by atoms with Gasteiger partial charge in [0, 0.05) is 35.4 Å². The first-order chi connectivity index (χ1) is 12.6. The number of hydrogen-bond donors (Lipinski definition) is 1. The van der Waals surface area contributed by atoms with Gasteiger partial charge in [0.05, 0.1) is 10.9 Å². The van der Waals surface area contributed by atoms with Crippen molar-refractivity contribution in [3.8, 4) is 0 Å². The van der Waals surface area contributed by atoms with Crippen molar-refractivity contribution in [1.82, 2.24) is 14.8 Å². The highest BCUT2D eigenvalue weighted by atomic mass is 32.1. The molecule has 26 heavy (non-hydrogen) atoms. The van der Waals surface area contributed by atoms with E-state index in [9.17, 15) is 9.59 Å². The lowest BCUT2D eigenvalue weighted by molar-refractivity contribution is 0.0950. The Kier molecular flexibility index (Phi) is 6.48. The molecular weight excluding hydrogens is 346 g/mol. The number of pyridine rings is 1. The van der Waals surface area contributed by atoms with Crippen molar-refractivity contribution in [3.63, 3.8) is 0 Å². The average Bonchev–Trinajstić information content (AvgIpc) is 2.79. The maximum absolute atomic E-state index is 12.8. The van der Waals surface area contributed by atoms with Crippen molar-refractivity contribution in [1.29, 1.82) is 0 Å². The number of thiophene rings is 1. The molecule has 1 saturated heterocycles. The number of nitrogens with one attached hydrogen (secondary N) is 1. The highest BCUT2D eigenvalue weighted by molar-refractivity contribution is 7.19. The van der Waals surface area contributed by atoms with Crippen molar-refractivity contribution in [2.45, 2.75) is 52.5 Å². The smallest absolute Gasteiger partial charge is 0.260 e. The summed E-state index contributed by atoms with van der Waals surface area (Å²) < 4.78 is 2.61. The quantitative estimate of drug-likeness (QED) is 0.842. The zero-order valence-electron chi connectivity index (χ0n) is 15.8. The van der Waals surface area contributed by atoms with Crippen molar-refractivity contribution in [2.24, 2.45) is 0 Å². The van der Waals surface area contributed by atoms with E-state index >= 15 is 0 Å². The summed E-state index contributed by atoms with van der Waals surface area (Å²) >= 11 is 1.53. The van der Waals surface area contributed by atoms with Gasteiger partial charge in [0.15, 0.2) is 0 Å². The number of carbonyl (C=O) groups excluding carboxylic acids is 1. The number of likely N-dealkylation sites (tertiary alicyclic amines) is 1. The Bertz CT molecular complexity index is 816. The molecule has 0 aliphatic carbocycles. The summed E-state index contributed by atoms with van der Waals surface area (Å²) in [5.74, 6) is -0.116. The van der Waals surface area contributed by atoms with Crippen LogP contribution in [-0.4, -0.2) is 41.6 Å². The molecule has 2 aromatic heterocycles. The third-order valence-corrected chi connectivity index (χ3v) is 6.17. The van der Waals surface area contributed by atoms with E-state index in [1.54, 1.807) is 4.57 Å². The summed E-state index contributed by atoms with van der Waals surface area (Å²) in [6.07, 6.45) is 7.86. The topological polar surface area (TPSA) is 54.3 Å². The molecule has 142 valence electrons. The second kappa shape index (κ2) is 8.82. The fourth-order valence-electron chi connectivity index (χ4n) is 3.73. The van der Waals surface area contributed by atoms with Gasteiger partial charge in [-0.1, -0.05) is 19.8 Å². The molecule has 0 aromatic carbocycles. The lowest BCUT2D eigenvalue weighted by Gasteiger charge is -2.19. The van der Waals surface area contributed by atoms with E-state index in [-0.39, 0.29) is 11.5 Å². The monoisotopic (exact) mass is 375 g/mol. The highest BCUT2D eigenvalue weighted by Crippen LogP contribution is 2.28. The van der Waals surface area contributed by atoms with E-state index in [2.05, 4.69) is 10.2 Å². The van der Waals surface area contributed by atoms with E-state index < -0.39 is 0 Å². The molecule has 1 aliphatic heterocycles. The Labute approximate surface area is 159 Å². The van der Waals surface area contributed by atoms with Crippen molar-refractivity contribution in [2.75, 3.05) is 26.2 Å². The normalized spacial score (nSPS) is 15.9. The molecule has 3 rings (SSSR count). The van der Waals surface area contributed by atoms with Crippen LogP contribution in [-0.2, 0) is 6.54 Å². The molecule has 1 amide bonds. The molecular formula is C20H29N3O2S. The fourth-order valence-corrected chi connectivity index (χ4v) is 4.78. The van der Waals surface area contributed by atoms with Gasteiger partial charge in [0.2, 0.25) is 0 Å². The average molecular weight is 376 g/mol. The molecule has 0 unspecified atom stereocenters. The zero-order chi connectivity index (χ0) is 18.5. The Morgan fingerprint density at radius 3 is 2.62 bits per heavy atom. The van der Waals surface area contributed by atoms with Gasteiger partial charge in [-0.2, -0.15) is 0 Å². The van der Waals surface area contributed by atoms with Crippen LogP contribution >= 0.6 is 11.3 Å². The summed E-state index contributed by atoms with van der Waals surface area (Å²) in [5.41, 5.74) is 0.516. The van der Waals surface area contributed by atoms with Crippen LogP contribution < -0.4 is 10.9 Å². The Morgan fingerprint density at radius 1 is 1.19 bits per heavy atom. The van der Waals surface area contributed by atoms with E-state index in [1.807, 2.05) is 26.1 Å². The molecule has 0 bridgehead atoms. The molecule has 5 nitrogen and oxygen atoms in total. The number of aryl methyl sites for hydroxylation is 2. The molecule has 1 fully saturated rings. The van der Waals surface area contributed by atoms with Crippen LogP contribution in [0.4, 0.5) is 0 Å². The van der Waals surface area contributed by atoms with Crippen molar-refractivity contribution < 1.29 is 4.79 Å². The van der Waals surface area contributed by atoms with E-state index in [4.69, 9.17) is 0 Å². The Morgan fingerprint density at radius 2 is 1.92 bits per heavy atom. The number of hydrogen-bond acceptors (Lipinski definition) is 4. The number of fused-ring (bicyclic) bond motifs is 1. The minimum absolute atomic E-state index is 0.0497. The van der Waals surface area contributed by atoms with Gasteiger partial charge in [-0.3, -0.25) is 9.59 Å². The number of amides is 1. The summed E-state index contributed by atoms with van der Waals surface area (Å²) in [4.78, 5) is 28.9. The first-order valence-corrected chi connectivity index (χ1v) is 10.6. The van der Waals surface area contributed by atoms with Crippen LogP contribution in [0.3, 0.4) is 0 Å². The standard InChI is InChI=1S/C20H29N3O2S/c1-3-10-23-13-8-16-18(20(23)25)17(15(2)26-16)19(24)21-9-14-22-11-6-4-5-7-12-22/h8,13H,3-7,9-12,14H2,1-2H3,(H,21,24). The zero-order valence-corrected chi connectivity index (χ0v) is 16.7. The first kappa shape index (κ1) is 19.1. The van der Waals surface area contributed by atoms with Crippen molar-refractivity contribution >= 4 is 27.3 Å². The number of nitrogens with zero attached hydrogens (tertiary/aromatic N) is 2. The summed E-state index contributed by atoms with van der Waals surface area (Å²) in [6, 6.07) is 1.96. The molecule has 0 radical (unpaired) electrons. The SMILES string of the molecule is CCCn1ccc2sc(C)c(C(=O)NCCN3CCCCCC3)c2c1=O. The molecule has 0 atom stereocenters. The second-order valence-corrected chi connectivity index (χ2v) is 8.35. The number of carbonyl (C=O) groups is 1. The number of rotatable bonds is 6. The van der Waals surface area contributed by atoms with Crippen LogP contribution in [0.2, 0.25) is 0 Å². The second-order valence-electron chi connectivity index (χ2n) is 7.10. The van der Waals surface area contributed by atoms with Crippen LogP contribution in [0.1, 0.15) is 54.3 Å². The maximum Gasteiger partial charge on any atom is 0.260 e. The lowest BCUT2D eigenvalue weighted by atomic mass is 10.1. The molecule has 2 aromatic rings. The van der Waals surface area contributed by atoms with Crippen LogP contribution in [0, 0.1) is 6.92 Å².